The van der Waals surface area contributed by atoms with Gasteiger partial charge in [0.05, 0.1) is 12.1 Å². The molecule has 0 aromatic carbocycles. The Morgan fingerprint density at radius 3 is 2.64 bits per heavy atom. The van der Waals surface area contributed by atoms with Crippen LogP contribution in [-0.4, -0.2) is 17.3 Å². The van der Waals surface area contributed by atoms with Crippen molar-refractivity contribution in [3.63, 3.8) is 0 Å². The lowest BCUT2D eigenvalue weighted by molar-refractivity contribution is 0.224. The molecule has 1 rings (SSSR count). The SMILES string of the molecule is NC1=CC(N)(CO)CC(N)=C1. The number of nitrogens with two attached hydrogens (primary N) is 3. The van der Waals surface area contributed by atoms with Crippen LogP contribution in [0.2, 0.25) is 0 Å². The van der Waals surface area contributed by atoms with Gasteiger partial charge in [-0.2, -0.15) is 0 Å². The van der Waals surface area contributed by atoms with Gasteiger partial charge in [-0.1, -0.05) is 0 Å². The van der Waals surface area contributed by atoms with E-state index < -0.39 is 5.54 Å². The first-order valence-corrected chi connectivity index (χ1v) is 3.40. The summed E-state index contributed by atoms with van der Waals surface area (Å²) in [5, 5.41) is 8.88. The Hall–Kier alpha value is -1.00. The van der Waals surface area contributed by atoms with Crippen molar-refractivity contribution >= 4 is 0 Å². The highest BCUT2D eigenvalue weighted by molar-refractivity contribution is 5.31. The van der Waals surface area contributed by atoms with Crippen LogP contribution in [0.25, 0.3) is 0 Å². The van der Waals surface area contributed by atoms with E-state index in [1.165, 1.54) is 0 Å². The Bertz CT molecular complexity index is 222. The van der Waals surface area contributed by atoms with Crippen molar-refractivity contribution in [1.82, 2.24) is 0 Å². The molecule has 62 valence electrons. The van der Waals surface area contributed by atoms with Crippen LogP contribution in [0, 0.1) is 0 Å². The van der Waals surface area contributed by atoms with Crippen molar-refractivity contribution in [1.29, 1.82) is 0 Å². The molecule has 1 atom stereocenters. The normalized spacial score (nSPS) is 31.1. The maximum absolute atomic E-state index is 8.88. The minimum atomic E-state index is -0.761. The summed E-state index contributed by atoms with van der Waals surface area (Å²) in [5.74, 6) is 0. The van der Waals surface area contributed by atoms with Gasteiger partial charge in [-0.25, -0.2) is 0 Å². The van der Waals surface area contributed by atoms with Crippen LogP contribution < -0.4 is 17.2 Å². The van der Waals surface area contributed by atoms with Crippen molar-refractivity contribution in [2.45, 2.75) is 12.0 Å². The predicted octanol–water partition coefficient (Wildman–Crippen LogP) is -1.23. The standard InChI is InChI=1S/C7H13N3O/c8-5-1-6(9)3-7(10,2-5)4-11/h1-2,11H,3-4,8-10H2. The molecule has 11 heavy (non-hydrogen) atoms. The van der Waals surface area contributed by atoms with Gasteiger partial charge in [0.25, 0.3) is 0 Å². The topological polar surface area (TPSA) is 98.3 Å². The molecule has 0 fully saturated rings. The zero-order valence-electron chi connectivity index (χ0n) is 6.25. The second-order valence-corrected chi connectivity index (χ2v) is 2.93. The lowest BCUT2D eigenvalue weighted by atomic mass is 9.90. The van der Waals surface area contributed by atoms with E-state index in [1.807, 2.05) is 0 Å². The van der Waals surface area contributed by atoms with Gasteiger partial charge in [0.1, 0.15) is 0 Å². The smallest absolute Gasteiger partial charge is 0.0652 e. The van der Waals surface area contributed by atoms with Crippen LogP contribution in [0.4, 0.5) is 0 Å². The molecule has 0 amide bonds. The number of aliphatic hydroxyl groups is 1. The molecular weight excluding hydrogens is 142 g/mol. The molecule has 0 aromatic rings. The van der Waals surface area contributed by atoms with Crippen LogP contribution in [0.15, 0.2) is 23.5 Å². The summed E-state index contributed by atoms with van der Waals surface area (Å²) >= 11 is 0. The first kappa shape index (κ1) is 8.10. The molecule has 7 N–H and O–H groups in total. The van der Waals surface area contributed by atoms with Crippen molar-refractivity contribution in [2.75, 3.05) is 6.61 Å². The lowest BCUT2D eigenvalue weighted by Gasteiger charge is -2.27. The Balaban J connectivity index is 2.86. The second kappa shape index (κ2) is 2.56. The van der Waals surface area contributed by atoms with E-state index in [1.54, 1.807) is 12.2 Å². The lowest BCUT2D eigenvalue weighted by Crippen LogP contribution is -2.45. The highest BCUT2D eigenvalue weighted by Gasteiger charge is 2.25. The van der Waals surface area contributed by atoms with E-state index >= 15 is 0 Å². The second-order valence-electron chi connectivity index (χ2n) is 2.93. The third-order valence-electron chi connectivity index (χ3n) is 1.63. The van der Waals surface area contributed by atoms with E-state index in [0.29, 0.717) is 17.8 Å². The summed E-state index contributed by atoms with van der Waals surface area (Å²) in [4.78, 5) is 0. The molecule has 1 unspecified atom stereocenters. The number of hydrogen-bond acceptors (Lipinski definition) is 4. The first-order valence-electron chi connectivity index (χ1n) is 3.40. The van der Waals surface area contributed by atoms with Gasteiger partial charge in [0.2, 0.25) is 0 Å². The molecule has 0 saturated heterocycles. The van der Waals surface area contributed by atoms with E-state index in [9.17, 15) is 0 Å². The molecule has 0 radical (unpaired) electrons. The fraction of sp³-hybridized carbons (Fsp3) is 0.429. The van der Waals surface area contributed by atoms with Crippen molar-refractivity contribution in [2.24, 2.45) is 17.2 Å². The molecule has 0 heterocycles. The molecule has 1 aliphatic rings. The van der Waals surface area contributed by atoms with Gasteiger partial charge in [0, 0.05) is 17.8 Å². The molecular formula is C7H13N3O. The summed E-state index contributed by atoms with van der Waals surface area (Å²) in [6.45, 7) is -0.137. The molecule has 0 bridgehead atoms. The van der Waals surface area contributed by atoms with Crippen LogP contribution in [0.1, 0.15) is 6.42 Å². The first-order chi connectivity index (χ1) is 5.06. The van der Waals surface area contributed by atoms with E-state index in [2.05, 4.69) is 0 Å². The zero-order valence-corrected chi connectivity index (χ0v) is 6.25. The van der Waals surface area contributed by atoms with E-state index in [-0.39, 0.29) is 6.61 Å². The van der Waals surface area contributed by atoms with E-state index in [0.717, 1.165) is 0 Å². The van der Waals surface area contributed by atoms with Gasteiger partial charge < -0.3 is 22.3 Å². The minimum absolute atomic E-state index is 0.137. The van der Waals surface area contributed by atoms with Crippen molar-refractivity contribution in [3.8, 4) is 0 Å². The van der Waals surface area contributed by atoms with Crippen LogP contribution in [0.3, 0.4) is 0 Å². The largest absolute Gasteiger partial charge is 0.402 e. The van der Waals surface area contributed by atoms with Crippen molar-refractivity contribution in [3.05, 3.63) is 23.5 Å². The number of hydrogen-bond donors (Lipinski definition) is 4. The number of rotatable bonds is 1. The molecule has 4 heteroatoms. The van der Waals surface area contributed by atoms with Gasteiger partial charge in [0.15, 0.2) is 0 Å². The molecule has 1 aliphatic carbocycles. The molecule has 0 spiro atoms. The van der Waals surface area contributed by atoms with Crippen LogP contribution in [0.5, 0.6) is 0 Å². The fourth-order valence-electron chi connectivity index (χ4n) is 1.17. The van der Waals surface area contributed by atoms with E-state index in [4.69, 9.17) is 22.3 Å². The molecule has 0 saturated carbocycles. The third kappa shape index (κ3) is 1.72. The van der Waals surface area contributed by atoms with Gasteiger partial charge >= 0.3 is 0 Å². The predicted molar refractivity (Wildman–Crippen MR) is 43.2 cm³/mol. The maximum atomic E-state index is 8.88. The van der Waals surface area contributed by atoms with Crippen LogP contribution in [-0.2, 0) is 0 Å². The molecule has 0 aromatic heterocycles. The quantitative estimate of drug-likeness (QED) is 0.381. The summed E-state index contributed by atoms with van der Waals surface area (Å²) in [7, 11) is 0. The third-order valence-corrected chi connectivity index (χ3v) is 1.63. The Labute approximate surface area is 65.4 Å². The average Bonchev–Trinajstić information content (AvgIpc) is 1.84. The summed E-state index contributed by atoms with van der Waals surface area (Å²) < 4.78 is 0. The fourth-order valence-corrected chi connectivity index (χ4v) is 1.17. The summed E-state index contributed by atoms with van der Waals surface area (Å²) in [5.41, 5.74) is 17.1. The monoisotopic (exact) mass is 155 g/mol. The minimum Gasteiger partial charge on any atom is -0.402 e. The molecule has 0 aliphatic heterocycles. The molecule has 4 nitrogen and oxygen atoms in total. The Morgan fingerprint density at radius 2 is 2.18 bits per heavy atom. The van der Waals surface area contributed by atoms with Gasteiger partial charge in [-0.05, 0) is 12.2 Å². The highest BCUT2D eigenvalue weighted by Crippen LogP contribution is 2.18. The average molecular weight is 155 g/mol. The Kier molecular flexibility index (Phi) is 1.89. The summed E-state index contributed by atoms with van der Waals surface area (Å²) in [6, 6.07) is 0. The van der Waals surface area contributed by atoms with Crippen LogP contribution >= 0.6 is 0 Å². The zero-order chi connectivity index (χ0) is 8.48. The maximum Gasteiger partial charge on any atom is 0.0652 e. The summed E-state index contributed by atoms with van der Waals surface area (Å²) in [6.07, 6.45) is 3.74. The van der Waals surface area contributed by atoms with Gasteiger partial charge in [-0.15, -0.1) is 0 Å². The Morgan fingerprint density at radius 1 is 1.55 bits per heavy atom. The number of allylic oxidation sites excluding steroid dienone is 1. The van der Waals surface area contributed by atoms with Crippen molar-refractivity contribution < 1.29 is 5.11 Å². The number of aliphatic hydroxyl groups excluding tert-OH is 1. The highest BCUT2D eigenvalue weighted by atomic mass is 16.3. The van der Waals surface area contributed by atoms with Gasteiger partial charge in [-0.3, -0.25) is 0 Å².